The summed E-state index contributed by atoms with van der Waals surface area (Å²) in [5.74, 6) is 1.62. The Hall–Kier alpha value is -4.04. The van der Waals surface area contributed by atoms with Crippen LogP contribution >= 0.6 is 11.3 Å². The Bertz CT molecular complexity index is 1390. The number of aromatic nitrogens is 2. The predicted molar refractivity (Wildman–Crippen MR) is 132 cm³/mol. The second-order valence-electron chi connectivity index (χ2n) is 7.67. The van der Waals surface area contributed by atoms with Crippen molar-refractivity contribution >= 4 is 39.7 Å². The Morgan fingerprint density at radius 1 is 1.00 bits per heavy atom. The predicted octanol–water partition coefficient (Wildman–Crippen LogP) is 6.13. The number of nitrogens with one attached hydrogen (secondary N) is 1. The van der Waals surface area contributed by atoms with Gasteiger partial charge in [0.1, 0.15) is 17.4 Å². The Kier molecular flexibility index (Phi) is 6.31. The molecule has 0 radical (unpaired) electrons. The summed E-state index contributed by atoms with van der Waals surface area (Å²) in [7, 11) is 0. The van der Waals surface area contributed by atoms with Crippen LogP contribution in [0.1, 0.15) is 12.2 Å². The summed E-state index contributed by atoms with van der Waals surface area (Å²) in [6, 6.07) is 21.3. The highest BCUT2D eigenvalue weighted by atomic mass is 32.1. The molecule has 0 unspecified atom stereocenters. The average Bonchev–Trinajstić information content (AvgIpc) is 3.57. The van der Waals surface area contributed by atoms with Crippen molar-refractivity contribution in [2.45, 2.75) is 13.0 Å². The maximum atomic E-state index is 13.2. The van der Waals surface area contributed by atoms with E-state index in [2.05, 4.69) is 5.32 Å². The second kappa shape index (κ2) is 9.84. The van der Waals surface area contributed by atoms with Crippen molar-refractivity contribution < 1.29 is 13.6 Å². The van der Waals surface area contributed by atoms with Crippen molar-refractivity contribution in [3.8, 4) is 10.7 Å². The number of carbonyl (C=O) groups is 1. The molecule has 170 valence electrons. The standard InChI is InChI=1S/C26H21FN4O2S/c27-18-9-11-19(12-10-18)28-24(32)13-14-31(17-20-5-3-15-33-20)26-21-6-1-2-7-22(21)29-25(30-26)23-8-4-16-34-23/h1-12,15-16H,13-14,17H2,(H,28,32). The molecule has 3 aromatic heterocycles. The molecule has 0 bridgehead atoms. The van der Waals surface area contributed by atoms with Crippen LogP contribution in [0.3, 0.4) is 0 Å². The minimum atomic E-state index is -0.347. The SMILES string of the molecule is O=C(CCN(Cc1ccco1)c1nc(-c2cccs2)nc2ccccc12)Nc1ccc(F)cc1. The van der Waals surface area contributed by atoms with Gasteiger partial charge in [-0.3, -0.25) is 4.79 Å². The fraction of sp³-hybridized carbons (Fsp3) is 0.115. The molecular formula is C26H21FN4O2S. The van der Waals surface area contributed by atoms with E-state index in [0.29, 0.717) is 24.6 Å². The number of thiophene rings is 1. The topological polar surface area (TPSA) is 71.3 Å². The molecule has 1 N–H and O–H groups in total. The minimum Gasteiger partial charge on any atom is -0.467 e. The molecule has 0 spiro atoms. The molecule has 8 heteroatoms. The molecule has 0 saturated heterocycles. The van der Waals surface area contributed by atoms with Crippen molar-refractivity contribution in [2.24, 2.45) is 0 Å². The molecule has 0 aliphatic rings. The Morgan fingerprint density at radius 3 is 2.62 bits per heavy atom. The summed E-state index contributed by atoms with van der Waals surface area (Å²) in [6.45, 7) is 0.848. The summed E-state index contributed by atoms with van der Waals surface area (Å²) in [5.41, 5.74) is 1.38. The number of benzene rings is 2. The molecule has 0 fully saturated rings. The zero-order valence-corrected chi connectivity index (χ0v) is 19.0. The zero-order valence-electron chi connectivity index (χ0n) is 18.1. The molecule has 2 aromatic carbocycles. The van der Waals surface area contributed by atoms with E-state index < -0.39 is 0 Å². The first-order valence-electron chi connectivity index (χ1n) is 10.8. The first-order valence-corrected chi connectivity index (χ1v) is 11.7. The van der Waals surface area contributed by atoms with Gasteiger partial charge in [0.05, 0.1) is 23.2 Å². The summed E-state index contributed by atoms with van der Waals surface area (Å²) in [5, 5.41) is 5.71. The van der Waals surface area contributed by atoms with Gasteiger partial charge in [-0.25, -0.2) is 14.4 Å². The molecular weight excluding hydrogens is 451 g/mol. The van der Waals surface area contributed by atoms with E-state index in [9.17, 15) is 9.18 Å². The highest BCUT2D eigenvalue weighted by Crippen LogP contribution is 2.30. The number of para-hydroxylation sites is 1. The van der Waals surface area contributed by atoms with Crippen molar-refractivity contribution in [3.05, 3.63) is 96.0 Å². The number of fused-ring (bicyclic) bond motifs is 1. The lowest BCUT2D eigenvalue weighted by Gasteiger charge is -2.24. The molecule has 0 aliphatic carbocycles. The van der Waals surface area contributed by atoms with Crippen LogP contribution in [0.4, 0.5) is 15.9 Å². The third-order valence-electron chi connectivity index (χ3n) is 5.29. The highest BCUT2D eigenvalue weighted by molar-refractivity contribution is 7.13. The van der Waals surface area contributed by atoms with Gasteiger partial charge < -0.3 is 14.6 Å². The molecule has 5 rings (SSSR count). The first-order chi connectivity index (χ1) is 16.7. The third-order valence-corrected chi connectivity index (χ3v) is 6.15. The number of rotatable bonds is 8. The fourth-order valence-corrected chi connectivity index (χ4v) is 4.32. The van der Waals surface area contributed by atoms with Gasteiger partial charge in [0.15, 0.2) is 5.82 Å². The number of hydrogen-bond acceptors (Lipinski definition) is 6. The Balaban J connectivity index is 1.45. The van der Waals surface area contributed by atoms with Gasteiger partial charge in [-0.1, -0.05) is 18.2 Å². The zero-order chi connectivity index (χ0) is 23.3. The highest BCUT2D eigenvalue weighted by Gasteiger charge is 2.18. The van der Waals surface area contributed by atoms with Gasteiger partial charge in [-0.15, -0.1) is 11.3 Å². The van der Waals surface area contributed by atoms with Crippen LogP contribution in [0.2, 0.25) is 0 Å². The molecule has 0 aliphatic heterocycles. The van der Waals surface area contributed by atoms with E-state index in [1.807, 2.05) is 58.8 Å². The summed E-state index contributed by atoms with van der Waals surface area (Å²) >= 11 is 1.58. The lowest BCUT2D eigenvalue weighted by Crippen LogP contribution is -2.28. The van der Waals surface area contributed by atoms with Crippen LogP contribution < -0.4 is 10.2 Å². The summed E-state index contributed by atoms with van der Waals surface area (Å²) < 4.78 is 18.8. The maximum absolute atomic E-state index is 13.2. The number of furan rings is 1. The van der Waals surface area contributed by atoms with Crippen molar-refractivity contribution in [1.29, 1.82) is 0 Å². The quantitative estimate of drug-likeness (QED) is 0.294. The van der Waals surface area contributed by atoms with Crippen molar-refractivity contribution in [1.82, 2.24) is 9.97 Å². The van der Waals surface area contributed by atoms with Gasteiger partial charge in [-0.2, -0.15) is 0 Å². The first kappa shape index (κ1) is 21.8. The van der Waals surface area contributed by atoms with Crippen LogP contribution in [-0.4, -0.2) is 22.4 Å². The van der Waals surface area contributed by atoms with E-state index in [0.717, 1.165) is 27.4 Å². The van der Waals surface area contributed by atoms with Crippen LogP contribution in [-0.2, 0) is 11.3 Å². The maximum Gasteiger partial charge on any atom is 0.226 e. The van der Waals surface area contributed by atoms with Crippen LogP contribution in [0.5, 0.6) is 0 Å². The smallest absolute Gasteiger partial charge is 0.226 e. The summed E-state index contributed by atoms with van der Waals surface area (Å²) in [6.07, 6.45) is 1.84. The van der Waals surface area contributed by atoms with E-state index >= 15 is 0 Å². The number of carbonyl (C=O) groups excluding carboxylic acids is 1. The average molecular weight is 473 g/mol. The van der Waals surface area contributed by atoms with E-state index in [1.54, 1.807) is 29.7 Å². The number of hydrogen-bond donors (Lipinski definition) is 1. The molecule has 6 nitrogen and oxygen atoms in total. The second-order valence-corrected chi connectivity index (χ2v) is 8.62. The monoisotopic (exact) mass is 472 g/mol. The normalized spacial score (nSPS) is 11.0. The van der Waals surface area contributed by atoms with Gasteiger partial charge in [-0.05, 0) is 60.0 Å². The molecule has 5 aromatic rings. The Labute approximate surface area is 199 Å². The molecule has 0 saturated carbocycles. The molecule has 0 atom stereocenters. The van der Waals surface area contributed by atoms with Gasteiger partial charge in [0.2, 0.25) is 5.91 Å². The third kappa shape index (κ3) is 4.97. The van der Waals surface area contributed by atoms with Crippen molar-refractivity contribution in [3.63, 3.8) is 0 Å². The van der Waals surface area contributed by atoms with Crippen LogP contribution in [0, 0.1) is 5.82 Å². The van der Waals surface area contributed by atoms with E-state index in [4.69, 9.17) is 14.4 Å². The number of anilines is 2. The van der Waals surface area contributed by atoms with E-state index in [1.165, 1.54) is 12.1 Å². The van der Waals surface area contributed by atoms with Gasteiger partial charge in [0.25, 0.3) is 0 Å². The number of halogens is 1. The summed E-state index contributed by atoms with van der Waals surface area (Å²) in [4.78, 5) is 25.3. The largest absolute Gasteiger partial charge is 0.467 e. The molecule has 34 heavy (non-hydrogen) atoms. The molecule has 1 amide bonds. The Morgan fingerprint density at radius 2 is 1.85 bits per heavy atom. The number of nitrogens with zero attached hydrogens (tertiary/aromatic N) is 3. The molecule has 3 heterocycles. The van der Waals surface area contributed by atoms with Crippen LogP contribution in [0.15, 0.2) is 88.9 Å². The van der Waals surface area contributed by atoms with Gasteiger partial charge >= 0.3 is 0 Å². The lowest BCUT2D eigenvalue weighted by molar-refractivity contribution is -0.116. The fourth-order valence-electron chi connectivity index (χ4n) is 3.66. The lowest BCUT2D eigenvalue weighted by atomic mass is 10.2. The van der Waals surface area contributed by atoms with Crippen molar-refractivity contribution in [2.75, 3.05) is 16.8 Å². The van der Waals surface area contributed by atoms with E-state index in [-0.39, 0.29) is 18.1 Å². The van der Waals surface area contributed by atoms with Gasteiger partial charge in [0, 0.05) is 24.0 Å². The number of amides is 1. The minimum absolute atomic E-state index is 0.173. The van der Waals surface area contributed by atoms with Crippen LogP contribution in [0.25, 0.3) is 21.6 Å².